The van der Waals surface area contributed by atoms with Crippen LogP contribution < -0.4 is 14.4 Å². The fourth-order valence-corrected chi connectivity index (χ4v) is 4.52. The van der Waals surface area contributed by atoms with Crippen LogP contribution in [0.25, 0.3) is 11.3 Å². The molecule has 1 aliphatic heterocycles. The van der Waals surface area contributed by atoms with Gasteiger partial charge in [-0.2, -0.15) is 9.83 Å². The van der Waals surface area contributed by atoms with Gasteiger partial charge in [0.25, 0.3) is 0 Å². The molecular weight excluding hydrogens is 465 g/mol. The molecule has 1 amide bonds. The first kappa shape index (κ1) is 23.2. The Balaban J connectivity index is 1.46. The quantitative estimate of drug-likeness (QED) is 0.404. The number of benzene rings is 1. The molecule has 0 saturated carbocycles. The lowest BCUT2D eigenvalue weighted by Crippen LogP contribution is -2.54. The minimum atomic E-state index is -0.0309. The zero-order valence-electron chi connectivity index (χ0n) is 18.7. The number of methoxy groups -OCH3 is 1. The summed E-state index contributed by atoms with van der Waals surface area (Å²) in [4.78, 5) is 17.2. The van der Waals surface area contributed by atoms with Crippen LogP contribution in [0, 0.1) is 12.1 Å². The van der Waals surface area contributed by atoms with Crippen LogP contribution in [-0.2, 0) is 11.3 Å². The number of aromatic nitrogens is 3. The number of carbonyl (C=O) groups is 1. The number of piperazine rings is 1. The fraction of sp³-hybridized carbons (Fsp3) is 0.348. The highest BCUT2D eigenvalue weighted by atomic mass is 35.5. The van der Waals surface area contributed by atoms with Crippen LogP contribution in [0.15, 0.2) is 42.7 Å². The van der Waals surface area contributed by atoms with Crippen molar-refractivity contribution in [2.45, 2.75) is 26.4 Å². The lowest BCUT2D eigenvalue weighted by Gasteiger charge is -2.41. The van der Waals surface area contributed by atoms with Crippen molar-refractivity contribution in [1.29, 1.82) is 0 Å². The molecule has 0 spiro atoms. The van der Waals surface area contributed by atoms with Gasteiger partial charge in [-0.05, 0) is 32.0 Å². The highest BCUT2D eigenvalue weighted by molar-refractivity contribution is 6.33. The van der Waals surface area contributed by atoms with Crippen LogP contribution in [-0.4, -0.2) is 53.4 Å². The van der Waals surface area contributed by atoms with Gasteiger partial charge in [0, 0.05) is 43.5 Å². The van der Waals surface area contributed by atoms with E-state index in [0.29, 0.717) is 57.1 Å². The van der Waals surface area contributed by atoms with Crippen molar-refractivity contribution < 1.29 is 14.3 Å². The van der Waals surface area contributed by atoms with Crippen molar-refractivity contribution in [3.05, 3.63) is 63.7 Å². The number of carbonyl (C=O) groups excluding carboxylic acids is 1. The number of hydrogen-bond acceptors (Lipinski definition) is 5. The Labute approximate surface area is 202 Å². The maximum absolute atomic E-state index is 13.1. The second-order valence-electron chi connectivity index (χ2n) is 8.06. The third kappa shape index (κ3) is 4.72. The van der Waals surface area contributed by atoms with Crippen LogP contribution >= 0.6 is 23.2 Å². The van der Waals surface area contributed by atoms with E-state index < -0.39 is 0 Å². The van der Waals surface area contributed by atoms with Crippen molar-refractivity contribution >= 4 is 34.8 Å². The van der Waals surface area contributed by atoms with Crippen LogP contribution in [0.1, 0.15) is 12.6 Å². The van der Waals surface area contributed by atoms with Crippen LogP contribution in [0.4, 0.5) is 5.69 Å². The molecule has 0 bridgehead atoms. The van der Waals surface area contributed by atoms with Gasteiger partial charge in [-0.3, -0.25) is 9.48 Å². The van der Waals surface area contributed by atoms with Crippen molar-refractivity contribution in [1.82, 2.24) is 14.7 Å². The van der Waals surface area contributed by atoms with Crippen molar-refractivity contribution in [2.75, 3.05) is 31.6 Å². The summed E-state index contributed by atoms with van der Waals surface area (Å²) in [7, 11) is 1.59. The molecule has 3 heterocycles. The van der Waals surface area contributed by atoms with E-state index in [-0.39, 0.29) is 18.5 Å². The molecule has 0 unspecified atom stereocenters. The second kappa shape index (κ2) is 9.49. The number of anilines is 1. The average Bonchev–Trinajstić information content (AvgIpc) is 3.07. The monoisotopic (exact) mass is 489 g/mol. The summed E-state index contributed by atoms with van der Waals surface area (Å²) in [5.41, 5.74) is 2.78. The summed E-state index contributed by atoms with van der Waals surface area (Å²) in [5.74, 6) is 0.597. The van der Waals surface area contributed by atoms with E-state index in [0.717, 1.165) is 5.69 Å². The summed E-state index contributed by atoms with van der Waals surface area (Å²) in [6.45, 7) is 5.89. The molecular formula is C23H25Cl2N5O3. The number of amides is 1. The number of nitrogens with zero attached hydrogens (tertiary/aromatic N) is 5. The number of ether oxygens (including phenoxy) is 1. The van der Waals surface area contributed by atoms with E-state index in [9.17, 15) is 10.0 Å². The highest BCUT2D eigenvalue weighted by Crippen LogP contribution is 2.31. The maximum Gasteiger partial charge on any atom is 0.244 e. The molecule has 10 heteroatoms. The molecule has 1 fully saturated rings. The summed E-state index contributed by atoms with van der Waals surface area (Å²) in [6.07, 6.45) is 2.80. The van der Waals surface area contributed by atoms with Gasteiger partial charge in [-0.25, -0.2) is 0 Å². The SMILES string of the molecule is COc1cc(N2CCN(C(=O)Cn3nc(-c4ccc[n+]([O-])c4)c(Cl)c3C)[C@@H](C)C2)ccc1Cl. The fourth-order valence-electron chi connectivity index (χ4n) is 4.08. The van der Waals surface area contributed by atoms with E-state index in [1.807, 2.05) is 36.9 Å². The highest BCUT2D eigenvalue weighted by Gasteiger charge is 2.29. The first-order chi connectivity index (χ1) is 15.8. The minimum absolute atomic E-state index is 0.00674. The van der Waals surface area contributed by atoms with Gasteiger partial charge < -0.3 is 19.7 Å². The zero-order valence-corrected chi connectivity index (χ0v) is 20.2. The van der Waals surface area contributed by atoms with Crippen LogP contribution in [0.5, 0.6) is 5.75 Å². The molecule has 1 aliphatic rings. The Morgan fingerprint density at radius 2 is 2.09 bits per heavy atom. The van der Waals surface area contributed by atoms with Gasteiger partial charge >= 0.3 is 0 Å². The van der Waals surface area contributed by atoms with Crippen LogP contribution in [0.3, 0.4) is 0 Å². The topological polar surface area (TPSA) is 77.5 Å². The first-order valence-electron chi connectivity index (χ1n) is 10.6. The predicted molar refractivity (Wildman–Crippen MR) is 128 cm³/mol. The Kier molecular flexibility index (Phi) is 6.67. The molecule has 0 N–H and O–H groups in total. The van der Waals surface area contributed by atoms with E-state index >= 15 is 0 Å². The predicted octanol–water partition coefficient (Wildman–Crippen LogP) is 3.54. The second-order valence-corrected chi connectivity index (χ2v) is 8.84. The number of hydrogen-bond donors (Lipinski definition) is 0. The van der Waals surface area contributed by atoms with Gasteiger partial charge in [0.15, 0.2) is 12.4 Å². The lowest BCUT2D eigenvalue weighted by atomic mass is 10.1. The molecule has 2 aromatic heterocycles. The third-order valence-corrected chi connectivity index (χ3v) is 6.68. The maximum atomic E-state index is 13.1. The largest absolute Gasteiger partial charge is 0.619 e. The van der Waals surface area contributed by atoms with Crippen LogP contribution in [0.2, 0.25) is 10.0 Å². The standard InChI is InChI=1S/C23H25Cl2N5O3/c1-15-12-27(18-6-7-19(24)20(11-18)33-3)9-10-29(15)21(31)14-30-16(2)22(25)23(26-30)17-5-4-8-28(32)13-17/h4-8,11,13,15H,9-10,12,14H2,1-3H3/t15-/m0/s1. The molecule has 33 heavy (non-hydrogen) atoms. The number of pyridine rings is 1. The summed E-state index contributed by atoms with van der Waals surface area (Å²) >= 11 is 12.6. The smallest absolute Gasteiger partial charge is 0.244 e. The molecule has 8 nitrogen and oxygen atoms in total. The normalized spacial score (nSPS) is 16.2. The average molecular weight is 490 g/mol. The molecule has 4 rings (SSSR count). The summed E-state index contributed by atoms with van der Waals surface area (Å²) < 4.78 is 7.63. The Morgan fingerprint density at radius 3 is 2.79 bits per heavy atom. The lowest BCUT2D eigenvalue weighted by molar-refractivity contribution is -0.604. The Bertz CT molecular complexity index is 1180. The Hall–Kier alpha value is -2.97. The minimum Gasteiger partial charge on any atom is -0.619 e. The van der Waals surface area contributed by atoms with Crippen molar-refractivity contribution in [3.8, 4) is 17.0 Å². The van der Waals surface area contributed by atoms with E-state index in [4.69, 9.17) is 27.9 Å². The molecule has 3 aromatic rings. The van der Waals surface area contributed by atoms with Gasteiger partial charge in [-0.1, -0.05) is 23.2 Å². The molecule has 1 saturated heterocycles. The van der Waals surface area contributed by atoms with E-state index in [2.05, 4.69) is 10.00 Å². The van der Waals surface area contributed by atoms with E-state index in [1.54, 1.807) is 23.9 Å². The van der Waals surface area contributed by atoms with Gasteiger partial charge in [-0.15, -0.1) is 0 Å². The molecule has 174 valence electrons. The third-order valence-electron chi connectivity index (χ3n) is 5.91. The molecule has 0 aliphatic carbocycles. The molecule has 0 radical (unpaired) electrons. The number of rotatable bonds is 5. The van der Waals surface area contributed by atoms with E-state index in [1.165, 1.54) is 12.4 Å². The first-order valence-corrected chi connectivity index (χ1v) is 11.3. The number of halogens is 2. The molecule has 1 aromatic carbocycles. The van der Waals surface area contributed by atoms with Gasteiger partial charge in [0.1, 0.15) is 18.0 Å². The summed E-state index contributed by atoms with van der Waals surface area (Å²) in [5, 5.41) is 17.1. The van der Waals surface area contributed by atoms with Gasteiger partial charge in [0.2, 0.25) is 5.91 Å². The summed E-state index contributed by atoms with van der Waals surface area (Å²) in [6, 6.07) is 9.10. The van der Waals surface area contributed by atoms with Gasteiger partial charge in [0.05, 0.1) is 28.4 Å². The molecule has 1 atom stereocenters. The van der Waals surface area contributed by atoms with Crippen molar-refractivity contribution in [3.63, 3.8) is 0 Å². The van der Waals surface area contributed by atoms with Crippen molar-refractivity contribution in [2.24, 2.45) is 0 Å². The zero-order chi connectivity index (χ0) is 23.7. The Morgan fingerprint density at radius 1 is 1.30 bits per heavy atom.